The topological polar surface area (TPSA) is 55.6 Å². The fourth-order valence-corrected chi connectivity index (χ4v) is 2.42. The van der Waals surface area contributed by atoms with Gasteiger partial charge in [0.25, 0.3) is 5.95 Å². The molecule has 0 aliphatic carbocycles. The summed E-state index contributed by atoms with van der Waals surface area (Å²) in [7, 11) is 0. The maximum Gasteiger partial charge on any atom is 0.251 e. The van der Waals surface area contributed by atoms with Gasteiger partial charge < -0.3 is 5.32 Å². The normalized spacial score (nSPS) is 11.1. The first-order valence-corrected chi connectivity index (χ1v) is 7.11. The monoisotopic (exact) mass is 273 g/mol. The molecule has 2 heterocycles. The van der Waals surface area contributed by atoms with Gasteiger partial charge in [-0.25, -0.2) is 14.6 Å². The van der Waals surface area contributed by atoms with E-state index in [1.165, 1.54) is 5.56 Å². The van der Waals surface area contributed by atoms with Crippen molar-refractivity contribution in [1.29, 1.82) is 0 Å². The number of hydrogen-bond donors (Lipinski definition) is 1. The average Bonchev–Trinajstić information content (AvgIpc) is 2.65. The molecule has 108 valence electrons. The zero-order valence-corrected chi connectivity index (χ0v) is 13.0. The number of rotatable bonds is 5. The Kier molecular flexibility index (Phi) is 4.49. The van der Waals surface area contributed by atoms with Crippen molar-refractivity contribution in [3.63, 3.8) is 0 Å². The lowest BCUT2D eigenvalue weighted by atomic mass is 10.1. The summed E-state index contributed by atoms with van der Waals surface area (Å²) in [5.74, 6) is 0.665. The molecule has 2 rings (SSSR count). The van der Waals surface area contributed by atoms with E-state index in [0.29, 0.717) is 5.95 Å². The smallest absolute Gasteiger partial charge is 0.251 e. The van der Waals surface area contributed by atoms with E-state index < -0.39 is 0 Å². The van der Waals surface area contributed by atoms with Crippen LogP contribution >= 0.6 is 0 Å². The molecule has 0 bridgehead atoms. The van der Waals surface area contributed by atoms with Gasteiger partial charge in [0.05, 0.1) is 5.69 Å². The number of nitrogens with one attached hydrogen (secondary N) is 1. The molecule has 20 heavy (non-hydrogen) atoms. The highest BCUT2D eigenvalue weighted by molar-refractivity contribution is 5.30. The van der Waals surface area contributed by atoms with Crippen LogP contribution < -0.4 is 5.32 Å². The predicted molar refractivity (Wildman–Crippen MR) is 80.3 cm³/mol. The Bertz CT molecular complexity index is 580. The summed E-state index contributed by atoms with van der Waals surface area (Å²) in [5.41, 5.74) is 5.41. The van der Waals surface area contributed by atoms with Crippen LogP contribution in [0.3, 0.4) is 0 Å². The van der Waals surface area contributed by atoms with Gasteiger partial charge in [0.1, 0.15) is 0 Å². The van der Waals surface area contributed by atoms with Crippen molar-refractivity contribution < 1.29 is 0 Å². The predicted octanol–water partition coefficient (Wildman–Crippen LogP) is 2.05. The molecular weight excluding hydrogens is 250 g/mol. The lowest BCUT2D eigenvalue weighted by Crippen LogP contribution is -2.16. The summed E-state index contributed by atoms with van der Waals surface area (Å²) >= 11 is 0. The number of likely N-dealkylation sites (N-methyl/N-ethyl adjacent to an activating group) is 1. The second kappa shape index (κ2) is 6.13. The van der Waals surface area contributed by atoms with Crippen molar-refractivity contribution in [2.75, 3.05) is 13.1 Å². The first-order chi connectivity index (χ1) is 9.52. The molecule has 5 nitrogen and oxygen atoms in total. The first kappa shape index (κ1) is 14.7. The maximum absolute atomic E-state index is 4.61. The van der Waals surface area contributed by atoms with Crippen LogP contribution in [0.2, 0.25) is 0 Å². The Labute approximate surface area is 120 Å². The molecule has 2 aromatic heterocycles. The molecular formula is C15H23N5. The molecule has 0 aliphatic rings. The first-order valence-electron chi connectivity index (χ1n) is 7.11. The third-order valence-corrected chi connectivity index (χ3v) is 3.40. The lowest BCUT2D eigenvalue weighted by molar-refractivity contribution is 0.711. The molecule has 5 heteroatoms. The largest absolute Gasteiger partial charge is 0.317 e. The zero-order valence-electron chi connectivity index (χ0n) is 13.0. The van der Waals surface area contributed by atoms with Gasteiger partial charge in [-0.2, -0.15) is 5.10 Å². The summed E-state index contributed by atoms with van der Waals surface area (Å²) in [5, 5.41) is 7.96. The van der Waals surface area contributed by atoms with Crippen LogP contribution in [-0.4, -0.2) is 32.8 Å². The van der Waals surface area contributed by atoms with E-state index in [9.17, 15) is 0 Å². The van der Waals surface area contributed by atoms with Crippen LogP contribution in [-0.2, 0) is 6.42 Å². The van der Waals surface area contributed by atoms with Crippen LogP contribution in [0.25, 0.3) is 5.95 Å². The third-order valence-electron chi connectivity index (χ3n) is 3.40. The molecule has 0 amide bonds. The fourth-order valence-electron chi connectivity index (χ4n) is 2.42. The lowest BCUT2D eigenvalue weighted by Gasteiger charge is -2.06. The number of aryl methyl sites for hydroxylation is 3. The molecule has 2 aromatic rings. The van der Waals surface area contributed by atoms with Crippen LogP contribution in [0, 0.1) is 27.7 Å². The van der Waals surface area contributed by atoms with Crippen LogP contribution in [0.5, 0.6) is 0 Å². The van der Waals surface area contributed by atoms with E-state index in [-0.39, 0.29) is 0 Å². The van der Waals surface area contributed by atoms with E-state index in [0.717, 1.165) is 42.3 Å². The highest BCUT2D eigenvalue weighted by atomic mass is 15.4. The van der Waals surface area contributed by atoms with Crippen molar-refractivity contribution in [2.45, 2.75) is 41.0 Å². The molecule has 0 saturated carbocycles. The Morgan fingerprint density at radius 2 is 1.75 bits per heavy atom. The van der Waals surface area contributed by atoms with Gasteiger partial charge >= 0.3 is 0 Å². The molecule has 0 fully saturated rings. The minimum Gasteiger partial charge on any atom is -0.317 e. The van der Waals surface area contributed by atoms with Gasteiger partial charge in [-0.05, 0) is 58.8 Å². The van der Waals surface area contributed by atoms with Gasteiger partial charge in [-0.15, -0.1) is 0 Å². The van der Waals surface area contributed by atoms with Gasteiger partial charge in [0, 0.05) is 17.1 Å². The van der Waals surface area contributed by atoms with Crippen molar-refractivity contribution in [1.82, 2.24) is 25.1 Å². The molecule has 0 radical (unpaired) electrons. The molecule has 0 unspecified atom stereocenters. The number of nitrogens with zero attached hydrogens (tertiary/aromatic N) is 4. The summed E-state index contributed by atoms with van der Waals surface area (Å²) in [6, 6.07) is 1.97. The summed E-state index contributed by atoms with van der Waals surface area (Å²) < 4.78 is 1.86. The third kappa shape index (κ3) is 3.04. The SMILES string of the molecule is CCNCCc1c(C)nn(-c2nc(C)cc(C)n2)c1C. The van der Waals surface area contributed by atoms with Crippen molar-refractivity contribution in [3.8, 4) is 5.95 Å². The van der Waals surface area contributed by atoms with Crippen LogP contribution in [0.4, 0.5) is 0 Å². The second-order valence-corrected chi connectivity index (χ2v) is 5.12. The maximum atomic E-state index is 4.61. The van der Waals surface area contributed by atoms with Gasteiger partial charge in [0.2, 0.25) is 0 Å². The van der Waals surface area contributed by atoms with E-state index in [2.05, 4.69) is 34.2 Å². The Morgan fingerprint density at radius 1 is 1.10 bits per heavy atom. The van der Waals surface area contributed by atoms with E-state index in [1.807, 2.05) is 31.5 Å². The highest BCUT2D eigenvalue weighted by Gasteiger charge is 2.14. The number of aromatic nitrogens is 4. The van der Waals surface area contributed by atoms with Crippen LogP contribution in [0.15, 0.2) is 6.07 Å². The van der Waals surface area contributed by atoms with E-state index >= 15 is 0 Å². The standard InChI is InChI=1S/C15H23N5/c1-6-16-8-7-14-12(4)19-20(13(14)5)15-17-10(2)9-11(3)18-15/h9,16H,6-8H2,1-5H3. The fraction of sp³-hybridized carbons (Fsp3) is 0.533. The van der Waals surface area contributed by atoms with E-state index in [1.54, 1.807) is 0 Å². The quantitative estimate of drug-likeness (QED) is 0.847. The summed E-state index contributed by atoms with van der Waals surface area (Å²) in [4.78, 5) is 8.98. The van der Waals surface area contributed by atoms with Crippen molar-refractivity contribution in [3.05, 3.63) is 34.4 Å². The Balaban J connectivity index is 2.35. The van der Waals surface area contributed by atoms with Crippen molar-refractivity contribution in [2.24, 2.45) is 0 Å². The van der Waals surface area contributed by atoms with Gasteiger partial charge in [-0.3, -0.25) is 0 Å². The molecule has 0 spiro atoms. The molecule has 0 aromatic carbocycles. The molecule has 1 N–H and O–H groups in total. The molecule has 0 atom stereocenters. The summed E-state index contributed by atoms with van der Waals surface area (Å²) in [6.45, 7) is 12.2. The minimum absolute atomic E-state index is 0.665. The summed E-state index contributed by atoms with van der Waals surface area (Å²) in [6.07, 6.45) is 0.982. The van der Waals surface area contributed by atoms with Crippen molar-refractivity contribution >= 4 is 0 Å². The van der Waals surface area contributed by atoms with Gasteiger partial charge in [0.15, 0.2) is 0 Å². The number of hydrogen-bond acceptors (Lipinski definition) is 4. The zero-order chi connectivity index (χ0) is 14.7. The highest BCUT2D eigenvalue weighted by Crippen LogP contribution is 2.16. The molecule has 0 aliphatic heterocycles. The Morgan fingerprint density at radius 3 is 2.35 bits per heavy atom. The average molecular weight is 273 g/mol. The van der Waals surface area contributed by atoms with Crippen LogP contribution in [0.1, 0.15) is 35.3 Å². The Hall–Kier alpha value is -1.75. The molecule has 0 saturated heterocycles. The van der Waals surface area contributed by atoms with E-state index in [4.69, 9.17) is 0 Å². The second-order valence-electron chi connectivity index (χ2n) is 5.12. The van der Waals surface area contributed by atoms with Gasteiger partial charge in [-0.1, -0.05) is 6.92 Å². The minimum atomic E-state index is 0.665.